The first-order valence-corrected chi connectivity index (χ1v) is 16.7. The normalized spacial score (nSPS) is 19.1. The van der Waals surface area contributed by atoms with E-state index in [1.165, 1.54) is 0 Å². The van der Waals surface area contributed by atoms with Gasteiger partial charge in [-0.15, -0.1) is 0 Å². The second-order valence-corrected chi connectivity index (χ2v) is 17.2. The molecular formula is C27H36Cl2N4O3Si. The van der Waals surface area contributed by atoms with Crippen LogP contribution in [0.1, 0.15) is 52.0 Å². The van der Waals surface area contributed by atoms with Crippen molar-refractivity contribution in [3.63, 3.8) is 0 Å². The van der Waals surface area contributed by atoms with Gasteiger partial charge in [-0.25, -0.2) is 4.68 Å². The van der Waals surface area contributed by atoms with Crippen LogP contribution in [-0.4, -0.2) is 53.2 Å². The van der Waals surface area contributed by atoms with E-state index in [9.17, 15) is 4.79 Å². The Kier molecular flexibility index (Phi) is 7.26. The summed E-state index contributed by atoms with van der Waals surface area (Å²) in [6.07, 6.45) is 7.06. The van der Waals surface area contributed by atoms with Crippen molar-refractivity contribution in [1.29, 1.82) is 0 Å². The van der Waals surface area contributed by atoms with Crippen molar-refractivity contribution in [2.75, 3.05) is 19.8 Å². The lowest BCUT2D eigenvalue weighted by atomic mass is 10.0. The molecule has 0 saturated carbocycles. The van der Waals surface area contributed by atoms with Gasteiger partial charge >= 0.3 is 0 Å². The van der Waals surface area contributed by atoms with Gasteiger partial charge in [0.2, 0.25) is 5.91 Å². The van der Waals surface area contributed by atoms with E-state index >= 15 is 0 Å². The van der Waals surface area contributed by atoms with Gasteiger partial charge in [-0.1, -0.05) is 50.0 Å². The first-order valence-electron chi connectivity index (χ1n) is 13.0. The molecule has 1 amide bonds. The van der Waals surface area contributed by atoms with Gasteiger partial charge in [0, 0.05) is 41.6 Å². The number of fused-ring (bicyclic) bond motifs is 3. The van der Waals surface area contributed by atoms with Crippen LogP contribution in [0.2, 0.25) is 28.2 Å². The Balaban J connectivity index is 1.49. The summed E-state index contributed by atoms with van der Waals surface area (Å²) in [5.41, 5.74) is 3.86. The van der Waals surface area contributed by atoms with E-state index in [0.29, 0.717) is 29.7 Å². The summed E-state index contributed by atoms with van der Waals surface area (Å²) in [5, 5.41) is 6.69. The maximum absolute atomic E-state index is 13.3. The average molecular weight is 564 g/mol. The van der Waals surface area contributed by atoms with Crippen molar-refractivity contribution in [3.8, 4) is 11.1 Å². The summed E-state index contributed by atoms with van der Waals surface area (Å²) in [6.45, 7) is 13.7. The molecule has 0 aliphatic carbocycles. The zero-order valence-corrected chi connectivity index (χ0v) is 24.8. The Morgan fingerprint density at radius 1 is 1.19 bits per heavy atom. The number of rotatable bonds is 6. The molecule has 37 heavy (non-hydrogen) atoms. The van der Waals surface area contributed by atoms with Gasteiger partial charge in [-0.3, -0.25) is 4.79 Å². The topological polar surface area (TPSA) is 61.5 Å². The Morgan fingerprint density at radius 3 is 2.68 bits per heavy atom. The van der Waals surface area contributed by atoms with Crippen LogP contribution in [0.15, 0.2) is 24.5 Å². The van der Waals surface area contributed by atoms with Gasteiger partial charge in [-0.2, -0.15) is 5.10 Å². The highest BCUT2D eigenvalue weighted by molar-refractivity contribution is 6.74. The molecule has 1 saturated heterocycles. The highest BCUT2D eigenvalue weighted by Crippen LogP contribution is 2.43. The van der Waals surface area contributed by atoms with Crippen molar-refractivity contribution in [1.82, 2.24) is 19.2 Å². The fourth-order valence-corrected chi connectivity index (χ4v) is 6.44. The third-order valence-electron chi connectivity index (χ3n) is 8.18. The van der Waals surface area contributed by atoms with Gasteiger partial charge < -0.3 is 18.6 Å². The predicted octanol–water partition coefficient (Wildman–Crippen LogP) is 6.87. The average Bonchev–Trinajstić information content (AvgIpc) is 3.44. The number of aromatic nitrogens is 3. The van der Waals surface area contributed by atoms with Crippen LogP contribution in [0.25, 0.3) is 22.0 Å². The lowest BCUT2D eigenvalue weighted by molar-refractivity contribution is -0.134. The van der Waals surface area contributed by atoms with E-state index in [4.69, 9.17) is 32.4 Å². The van der Waals surface area contributed by atoms with Gasteiger partial charge in [-0.05, 0) is 43.5 Å². The minimum atomic E-state index is -1.90. The molecule has 1 unspecified atom stereocenters. The Morgan fingerprint density at radius 2 is 1.97 bits per heavy atom. The maximum atomic E-state index is 13.3. The molecule has 1 aromatic carbocycles. The Bertz CT molecular complexity index is 1320. The number of halogens is 2. The van der Waals surface area contributed by atoms with Crippen LogP contribution in [-0.2, 0) is 27.0 Å². The molecular weight excluding hydrogens is 527 g/mol. The number of carbonyl (C=O) groups is 1. The van der Waals surface area contributed by atoms with E-state index in [-0.39, 0.29) is 23.7 Å². The zero-order valence-electron chi connectivity index (χ0n) is 22.3. The SMILES string of the molecule is CC(C)(C)[Si](C)(C)OCCN1Cc2c(-c3cnn(C4CCCCO4)c3)c3ccc(Cl)c(Cl)c3n2CC1=O. The second-order valence-electron chi connectivity index (χ2n) is 11.6. The van der Waals surface area contributed by atoms with Crippen LogP contribution < -0.4 is 0 Å². The molecule has 5 rings (SSSR count). The summed E-state index contributed by atoms with van der Waals surface area (Å²) >= 11 is 13.1. The molecule has 4 heterocycles. The molecule has 7 nitrogen and oxygen atoms in total. The molecule has 2 aromatic heterocycles. The predicted molar refractivity (Wildman–Crippen MR) is 151 cm³/mol. The van der Waals surface area contributed by atoms with E-state index in [1.807, 2.05) is 32.5 Å². The smallest absolute Gasteiger partial charge is 0.242 e. The van der Waals surface area contributed by atoms with Crippen LogP contribution in [0.4, 0.5) is 0 Å². The number of nitrogens with zero attached hydrogens (tertiary/aromatic N) is 4. The molecule has 0 spiro atoms. The van der Waals surface area contributed by atoms with Crippen LogP contribution >= 0.6 is 23.2 Å². The Labute approximate surface area is 229 Å². The monoisotopic (exact) mass is 562 g/mol. The van der Waals surface area contributed by atoms with Crippen LogP contribution in [0, 0.1) is 0 Å². The standard InChI is InChI=1S/C27H36Cl2N4O3Si/c1-27(2,3)37(4,5)36-13-11-31-16-21-24(18-14-30-33(15-18)23-8-6-7-12-35-23)19-9-10-20(28)25(29)26(19)32(21)17-22(31)34/h9-10,14-15,23H,6-8,11-13,16-17H2,1-5H3. The number of hydrogen-bond donors (Lipinski definition) is 0. The van der Waals surface area contributed by atoms with Gasteiger partial charge in [0.15, 0.2) is 8.32 Å². The lowest BCUT2D eigenvalue weighted by Crippen LogP contribution is -2.45. The fourth-order valence-electron chi connectivity index (χ4n) is 4.98. The van der Waals surface area contributed by atoms with E-state index in [2.05, 4.69) is 45.2 Å². The van der Waals surface area contributed by atoms with Crippen LogP contribution in [0.3, 0.4) is 0 Å². The fraction of sp³-hybridized carbons (Fsp3) is 0.556. The third kappa shape index (κ3) is 4.99. The highest BCUT2D eigenvalue weighted by Gasteiger charge is 2.37. The van der Waals surface area contributed by atoms with Gasteiger partial charge in [0.05, 0.1) is 34.9 Å². The molecule has 0 radical (unpaired) electrons. The molecule has 1 fully saturated rings. The summed E-state index contributed by atoms with van der Waals surface area (Å²) in [6, 6.07) is 3.82. The molecule has 1 atom stereocenters. The van der Waals surface area contributed by atoms with E-state index in [1.54, 1.807) is 0 Å². The second kappa shape index (κ2) is 10.0. The molecule has 0 N–H and O–H groups in total. The summed E-state index contributed by atoms with van der Waals surface area (Å²) in [5.74, 6) is 0.0529. The number of hydrogen-bond acceptors (Lipinski definition) is 4. The molecule has 10 heteroatoms. The Hall–Kier alpha value is -1.84. The van der Waals surface area contributed by atoms with E-state index in [0.717, 1.165) is 53.6 Å². The van der Waals surface area contributed by atoms with Crippen LogP contribution in [0.5, 0.6) is 0 Å². The molecule has 2 aliphatic rings. The highest BCUT2D eigenvalue weighted by atomic mass is 35.5. The van der Waals surface area contributed by atoms with Crippen molar-refractivity contribution < 1.29 is 14.0 Å². The van der Waals surface area contributed by atoms with Crippen molar-refractivity contribution in [3.05, 3.63) is 40.3 Å². The first-order chi connectivity index (χ1) is 17.5. The van der Waals surface area contributed by atoms with Crippen molar-refractivity contribution in [2.24, 2.45) is 0 Å². The van der Waals surface area contributed by atoms with Gasteiger partial charge in [0.25, 0.3) is 0 Å². The summed E-state index contributed by atoms with van der Waals surface area (Å²) < 4.78 is 16.3. The number of ether oxygens (including phenoxy) is 1. The van der Waals surface area contributed by atoms with E-state index < -0.39 is 8.32 Å². The summed E-state index contributed by atoms with van der Waals surface area (Å²) in [4.78, 5) is 15.2. The lowest BCUT2D eigenvalue weighted by Gasteiger charge is -2.37. The third-order valence-corrected chi connectivity index (χ3v) is 13.5. The maximum Gasteiger partial charge on any atom is 0.242 e. The molecule has 0 bridgehead atoms. The minimum Gasteiger partial charge on any atom is -0.415 e. The quantitative estimate of drug-likeness (QED) is 0.307. The zero-order chi connectivity index (χ0) is 26.5. The molecule has 3 aromatic rings. The number of carbonyl (C=O) groups excluding carboxylic acids is 1. The largest absolute Gasteiger partial charge is 0.415 e. The molecule has 200 valence electrons. The number of benzene rings is 1. The summed E-state index contributed by atoms with van der Waals surface area (Å²) in [7, 11) is -1.90. The minimum absolute atomic E-state index is 0.0456. The first kappa shape index (κ1) is 26.8. The van der Waals surface area contributed by atoms with Crippen molar-refractivity contribution in [2.45, 2.75) is 77.5 Å². The number of amides is 1. The molecule has 2 aliphatic heterocycles. The van der Waals surface area contributed by atoms with Crippen molar-refractivity contribution >= 4 is 48.3 Å². The van der Waals surface area contributed by atoms with Gasteiger partial charge in [0.1, 0.15) is 12.8 Å².